The van der Waals surface area contributed by atoms with E-state index in [0.29, 0.717) is 5.56 Å². The summed E-state index contributed by atoms with van der Waals surface area (Å²) in [5, 5.41) is 9.05. The molecule has 2 nitrogen and oxygen atoms in total. The quantitative estimate of drug-likeness (QED) is 0.660. The van der Waals surface area contributed by atoms with Gasteiger partial charge < -0.3 is 0 Å². The minimum atomic E-state index is -4.49. The first-order valence-electron chi connectivity index (χ1n) is 6.10. The van der Waals surface area contributed by atoms with Crippen molar-refractivity contribution in [2.75, 3.05) is 0 Å². The van der Waals surface area contributed by atoms with Crippen molar-refractivity contribution in [2.24, 2.45) is 0 Å². The van der Waals surface area contributed by atoms with Crippen molar-refractivity contribution in [1.82, 2.24) is 5.48 Å². The van der Waals surface area contributed by atoms with Gasteiger partial charge in [-0.05, 0) is 17.2 Å². The average Bonchev–Trinajstić information content (AvgIpc) is 2.48. The molecule has 2 aromatic rings. The molecule has 1 atom stereocenters. The average molecular weight is 311 g/mol. The molecule has 6 heteroatoms. The van der Waals surface area contributed by atoms with Gasteiger partial charge in [0, 0.05) is 0 Å². The molecule has 2 aromatic carbocycles. The van der Waals surface area contributed by atoms with Crippen LogP contribution in [0.4, 0.5) is 13.2 Å². The lowest BCUT2D eigenvalue weighted by Crippen LogP contribution is -2.27. The number of rotatable bonds is 3. The van der Waals surface area contributed by atoms with Crippen LogP contribution in [0.3, 0.4) is 0 Å². The molecule has 0 saturated carbocycles. The van der Waals surface area contributed by atoms with E-state index in [1.165, 1.54) is 18.2 Å². The highest BCUT2D eigenvalue weighted by Gasteiger charge is 2.36. The van der Waals surface area contributed by atoms with Gasteiger partial charge in [0.05, 0.1) is 11.5 Å². The van der Waals surface area contributed by atoms with E-state index in [2.05, 4.69) is 0 Å². The third-order valence-corrected chi connectivity index (χ3v) is 3.41. The van der Waals surface area contributed by atoms with E-state index in [9.17, 15) is 13.2 Å². The number of alkyl halides is 3. The number of hydrogen-bond donors (Lipinski definition) is 2. The summed E-state index contributed by atoms with van der Waals surface area (Å²) in [6.07, 6.45) is -4.49. The number of thiocarbonyl (C=S) groups is 1. The Morgan fingerprint density at radius 3 is 2.14 bits per heavy atom. The van der Waals surface area contributed by atoms with E-state index in [4.69, 9.17) is 17.4 Å². The van der Waals surface area contributed by atoms with Gasteiger partial charge in [0.1, 0.15) is 4.99 Å². The van der Waals surface area contributed by atoms with Crippen LogP contribution in [0.5, 0.6) is 0 Å². The fourth-order valence-corrected chi connectivity index (χ4v) is 2.45. The van der Waals surface area contributed by atoms with Crippen LogP contribution in [0.1, 0.15) is 22.6 Å². The fraction of sp³-hybridized carbons (Fsp3) is 0.133. The van der Waals surface area contributed by atoms with Gasteiger partial charge in [-0.15, -0.1) is 0 Å². The van der Waals surface area contributed by atoms with Gasteiger partial charge in [0.15, 0.2) is 0 Å². The third-order valence-electron chi connectivity index (χ3n) is 3.08. The summed E-state index contributed by atoms with van der Waals surface area (Å²) in [5.41, 5.74) is 1.61. The first kappa shape index (κ1) is 15.5. The summed E-state index contributed by atoms with van der Waals surface area (Å²) >= 11 is 4.99. The smallest absolute Gasteiger partial charge is 0.291 e. The van der Waals surface area contributed by atoms with Gasteiger partial charge in [-0.2, -0.15) is 13.2 Å². The fourth-order valence-electron chi connectivity index (χ4n) is 2.19. The number of benzene rings is 2. The van der Waals surface area contributed by atoms with Gasteiger partial charge in [-0.3, -0.25) is 10.7 Å². The Hall–Kier alpha value is -1.92. The Kier molecular flexibility index (Phi) is 4.59. The molecule has 0 spiro atoms. The molecule has 0 aliphatic heterocycles. The lowest BCUT2D eigenvalue weighted by molar-refractivity contribution is -0.138. The van der Waals surface area contributed by atoms with E-state index in [0.717, 1.165) is 6.07 Å². The Bertz CT molecular complexity index is 628. The second-order valence-corrected chi connectivity index (χ2v) is 4.84. The van der Waals surface area contributed by atoms with E-state index in [-0.39, 0.29) is 10.6 Å². The topological polar surface area (TPSA) is 32.3 Å². The second kappa shape index (κ2) is 6.24. The molecule has 110 valence electrons. The Balaban J connectivity index is 2.61. The number of halogens is 3. The molecule has 0 saturated heterocycles. The minimum absolute atomic E-state index is 0.00255. The monoisotopic (exact) mass is 311 g/mol. The summed E-state index contributed by atoms with van der Waals surface area (Å²) in [6.45, 7) is 0. The van der Waals surface area contributed by atoms with Crippen LogP contribution in [0.25, 0.3) is 0 Å². The predicted molar refractivity (Wildman–Crippen MR) is 77.2 cm³/mol. The predicted octanol–water partition coefficient (Wildman–Crippen LogP) is 4.14. The van der Waals surface area contributed by atoms with Crippen LogP contribution >= 0.6 is 12.2 Å². The zero-order chi connectivity index (χ0) is 15.5. The Labute approximate surface area is 125 Å². The molecule has 2 N–H and O–H groups in total. The van der Waals surface area contributed by atoms with Crippen LogP contribution < -0.4 is 5.48 Å². The number of nitrogens with one attached hydrogen (secondary N) is 1. The first-order valence-corrected chi connectivity index (χ1v) is 6.51. The molecule has 0 aliphatic carbocycles. The third kappa shape index (κ3) is 3.40. The maximum atomic E-state index is 13.2. The largest absolute Gasteiger partial charge is 0.416 e. The highest BCUT2D eigenvalue weighted by Crippen LogP contribution is 2.37. The Morgan fingerprint density at radius 1 is 1.00 bits per heavy atom. The standard InChI is InChI=1S/C15H12F3NOS/c16-15(17,18)12-9-5-4-8-11(12)13(14(21)19-20)10-6-2-1-3-7-10/h1-9,13,20H,(H,19,21). The summed E-state index contributed by atoms with van der Waals surface area (Å²) in [4.78, 5) is -0.0853. The van der Waals surface area contributed by atoms with Gasteiger partial charge in [-0.1, -0.05) is 60.7 Å². The summed E-state index contributed by atoms with van der Waals surface area (Å²) in [7, 11) is 0. The lowest BCUT2D eigenvalue weighted by Gasteiger charge is -2.22. The van der Waals surface area contributed by atoms with Crippen molar-refractivity contribution in [3.8, 4) is 0 Å². The van der Waals surface area contributed by atoms with Crippen LogP contribution in [-0.4, -0.2) is 10.2 Å². The van der Waals surface area contributed by atoms with E-state index < -0.39 is 17.7 Å². The summed E-state index contributed by atoms with van der Waals surface area (Å²) in [6, 6.07) is 13.7. The van der Waals surface area contributed by atoms with E-state index in [1.807, 2.05) is 0 Å². The SMILES string of the molecule is ONC(=S)C(c1ccccc1)c1ccccc1C(F)(F)F. The summed E-state index contributed by atoms with van der Waals surface area (Å²) < 4.78 is 39.5. The van der Waals surface area contributed by atoms with Crippen molar-refractivity contribution in [3.63, 3.8) is 0 Å². The zero-order valence-electron chi connectivity index (χ0n) is 10.8. The van der Waals surface area contributed by atoms with Gasteiger partial charge in [-0.25, -0.2) is 0 Å². The highest BCUT2D eigenvalue weighted by atomic mass is 32.1. The van der Waals surface area contributed by atoms with E-state index >= 15 is 0 Å². The zero-order valence-corrected chi connectivity index (χ0v) is 11.6. The van der Waals surface area contributed by atoms with Crippen LogP contribution in [0, 0.1) is 0 Å². The van der Waals surface area contributed by atoms with Crippen LogP contribution in [-0.2, 0) is 6.18 Å². The molecule has 0 bridgehead atoms. The Morgan fingerprint density at radius 2 is 1.57 bits per heavy atom. The normalized spacial score (nSPS) is 12.8. The molecule has 0 heterocycles. The second-order valence-electron chi connectivity index (χ2n) is 4.40. The van der Waals surface area contributed by atoms with Crippen molar-refractivity contribution in [1.29, 1.82) is 0 Å². The molecule has 1 unspecified atom stereocenters. The number of hydrogen-bond acceptors (Lipinski definition) is 2. The molecular weight excluding hydrogens is 299 g/mol. The van der Waals surface area contributed by atoms with Crippen LogP contribution in [0.2, 0.25) is 0 Å². The minimum Gasteiger partial charge on any atom is -0.291 e. The molecule has 21 heavy (non-hydrogen) atoms. The van der Waals surface area contributed by atoms with Crippen molar-refractivity contribution >= 4 is 17.2 Å². The highest BCUT2D eigenvalue weighted by molar-refractivity contribution is 7.80. The van der Waals surface area contributed by atoms with E-state index in [1.54, 1.807) is 35.8 Å². The molecule has 0 aliphatic rings. The first-order chi connectivity index (χ1) is 9.95. The van der Waals surface area contributed by atoms with Crippen molar-refractivity contribution < 1.29 is 18.4 Å². The van der Waals surface area contributed by atoms with Gasteiger partial charge >= 0.3 is 6.18 Å². The van der Waals surface area contributed by atoms with Crippen molar-refractivity contribution in [3.05, 3.63) is 71.3 Å². The molecule has 0 fully saturated rings. The molecule has 0 aromatic heterocycles. The maximum absolute atomic E-state index is 13.2. The molecule has 0 amide bonds. The maximum Gasteiger partial charge on any atom is 0.416 e. The van der Waals surface area contributed by atoms with Gasteiger partial charge in [0.2, 0.25) is 0 Å². The number of hydroxylamine groups is 1. The van der Waals surface area contributed by atoms with Crippen molar-refractivity contribution in [2.45, 2.75) is 12.1 Å². The summed E-state index contributed by atoms with van der Waals surface area (Å²) in [5.74, 6) is -0.871. The van der Waals surface area contributed by atoms with Gasteiger partial charge in [0.25, 0.3) is 0 Å². The van der Waals surface area contributed by atoms with Crippen LogP contribution in [0.15, 0.2) is 54.6 Å². The lowest BCUT2D eigenvalue weighted by atomic mass is 9.88. The molecule has 0 radical (unpaired) electrons. The molecular formula is C15H12F3NOS. The molecule has 2 rings (SSSR count).